The van der Waals surface area contributed by atoms with E-state index >= 15 is 0 Å². The van der Waals surface area contributed by atoms with Crippen LogP contribution in [0.4, 0.5) is 26.3 Å². The van der Waals surface area contributed by atoms with E-state index in [1.165, 1.54) is 12.1 Å². The molecule has 7 nitrogen and oxygen atoms in total. The monoisotopic (exact) mass is 516 g/mol. The van der Waals surface area contributed by atoms with Crippen molar-refractivity contribution in [2.24, 2.45) is 0 Å². The number of fused-ring (bicyclic) bond motifs is 5. The predicted molar refractivity (Wildman–Crippen MR) is 100 cm³/mol. The van der Waals surface area contributed by atoms with Gasteiger partial charge in [-0.1, -0.05) is 0 Å². The van der Waals surface area contributed by atoms with Gasteiger partial charge in [0.2, 0.25) is 0 Å². The fourth-order valence-electron chi connectivity index (χ4n) is 3.30. The summed E-state index contributed by atoms with van der Waals surface area (Å²) in [5, 5.41) is 0.283. The van der Waals surface area contributed by atoms with E-state index in [0.717, 1.165) is 24.3 Å². The lowest BCUT2D eigenvalue weighted by molar-refractivity contribution is -0.0504. The minimum absolute atomic E-state index is 0.199. The predicted octanol–water partition coefficient (Wildman–Crippen LogP) is 4.66. The molecule has 0 amide bonds. The topological polar surface area (TPSA) is 99.9 Å². The summed E-state index contributed by atoms with van der Waals surface area (Å²) in [4.78, 5) is 0. The van der Waals surface area contributed by atoms with Gasteiger partial charge in [0.25, 0.3) is 0 Å². The summed E-state index contributed by atoms with van der Waals surface area (Å²) in [6, 6.07) is 6.64. The Kier molecular flexibility index (Phi) is 5.12. The molecule has 1 aliphatic carbocycles. The molecule has 0 unspecified atom stereocenters. The molecule has 2 aromatic carbocycles. The number of alkyl halides is 6. The zero-order chi connectivity index (χ0) is 24.4. The summed E-state index contributed by atoms with van der Waals surface area (Å²) in [6.07, 6.45) is 0.409. The van der Waals surface area contributed by atoms with Gasteiger partial charge in [-0.3, -0.25) is 0 Å². The maximum Gasteiger partial charge on any atom is 0.534 e. The van der Waals surface area contributed by atoms with Crippen LogP contribution in [0.15, 0.2) is 40.8 Å². The Morgan fingerprint density at radius 3 is 1.88 bits per heavy atom. The lowest BCUT2D eigenvalue weighted by atomic mass is 9.89. The molecule has 0 saturated carbocycles. The van der Waals surface area contributed by atoms with E-state index in [1.54, 1.807) is 0 Å². The average Bonchev–Trinajstić information content (AvgIpc) is 3.03. The van der Waals surface area contributed by atoms with Gasteiger partial charge in [0.05, 0.1) is 0 Å². The summed E-state index contributed by atoms with van der Waals surface area (Å²) >= 11 is 0. The van der Waals surface area contributed by atoms with Crippen molar-refractivity contribution in [3.8, 4) is 22.8 Å². The molecule has 0 spiro atoms. The molecule has 1 aliphatic rings. The molecule has 33 heavy (non-hydrogen) atoms. The van der Waals surface area contributed by atoms with Crippen molar-refractivity contribution >= 4 is 31.2 Å². The van der Waals surface area contributed by atoms with Crippen LogP contribution in [0.1, 0.15) is 11.1 Å². The Labute approximate surface area is 181 Å². The Morgan fingerprint density at radius 1 is 0.758 bits per heavy atom. The fourth-order valence-corrected chi connectivity index (χ4v) is 4.21. The van der Waals surface area contributed by atoms with Crippen LogP contribution < -0.4 is 8.37 Å². The second-order valence-corrected chi connectivity index (χ2v) is 9.93. The highest BCUT2D eigenvalue weighted by Crippen LogP contribution is 2.42. The van der Waals surface area contributed by atoms with Crippen LogP contribution in [0.25, 0.3) is 22.3 Å². The van der Waals surface area contributed by atoms with Gasteiger partial charge in [0.15, 0.2) is 0 Å². The molecule has 0 atom stereocenters. The van der Waals surface area contributed by atoms with Crippen molar-refractivity contribution in [2.75, 3.05) is 0 Å². The summed E-state index contributed by atoms with van der Waals surface area (Å²) in [7, 11) is -11.7. The molecular weight excluding hydrogens is 506 g/mol. The second-order valence-electron chi connectivity index (χ2n) is 6.85. The molecule has 1 heterocycles. The third-order valence-corrected chi connectivity index (χ3v) is 6.66. The molecule has 4 rings (SSSR count). The van der Waals surface area contributed by atoms with E-state index in [2.05, 4.69) is 8.37 Å². The van der Waals surface area contributed by atoms with Gasteiger partial charge in [0.1, 0.15) is 22.8 Å². The smallest absolute Gasteiger partial charge is 0.456 e. The zero-order valence-electron chi connectivity index (χ0n) is 15.8. The van der Waals surface area contributed by atoms with Crippen molar-refractivity contribution in [1.29, 1.82) is 0 Å². The largest absolute Gasteiger partial charge is 0.534 e. The molecular formula is C18H10F6O7S2. The normalized spacial score (nSPS) is 14.6. The average molecular weight is 516 g/mol. The van der Waals surface area contributed by atoms with Gasteiger partial charge < -0.3 is 12.8 Å². The van der Waals surface area contributed by atoms with Crippen LogP contribution in [0.2, 0.25) is 0 Å². The van der Waals surface area contributed by atoms with Crippen LogP contribution in [0, 0.1) is 0 Å². The van der Waals surface area contributed by atoms with Crippen molar-refractivity contribution in [1.82, 2.24) is 0 Å². The number of halogens is 6. The van der Waals surface area contributed by atoms with Gasteiger partial charge in [0, 0.05) is 16.5 Å². The van der Waals surface area contributed by atoms with Gasteiger partial charge in [-0.05, 0) is 54.8 Å². The minimum atomic E-state index is -5.88. The van der Waals surface area contributed by atoms with E-state index < -0.39 is 42.8 Å². The number of rotatable bonds is 4. The second kappa shape index (κ2) is 7.28. The number of furan rings is 1. The molecule has 178 valence electrons. The maximum atomic E-state index is 12.6. The summed E-state index contributed by atoms with van der Waals surface area (Å²) in [6.45, 7) is 0. The van der Waals surface area contributed by atoms with E-state index in [9.17, 15) is 43.2 Å². The molecule has 0 radical (unpaired) electrons. The zero-order valence-corrected chi connectivity index (χ0v) is 17.5. The number of hydrogen-bond donors (Lipinski definition) is 0. The van der Waals surface area contributed by atoms with Gasteiger partial charge >= 0.3 is 31.3 Å². The van der Waals surface area contributed by atoms with E-state index in [1.807, 2.05) is 0 Å². The molecule has 0 bridgehead atoms. The number of benzene rings is 2. The summed E-state index contributed by atoms with van der Waals surface area (Å²) in [5.74, 6) is -0.902. The van der Waals surface area contributed by atoms with E-state index in [-0.39, 0.29) is 29.6 Å². The molecule has 0 saturated heterocycles. The van der Waals surface area contributed by atoms with Crippen molar-refractivity contribution in [3.05, 3.63) is 47.5 Å². The summed E-state index contributed by atoms with van der Waals surface area (Å²) < 4.78 is 134. The van der Waals surface area contributed by atoms with Crippen LogP contribution in [0.5, 0.6) is 11.5 Å². The Bertz CT molecular complexity index is 1470. The first-order valence-electron chi connectivity index (χ1n) is 8.79. The third kappa shape index (κ3) is 4.10. The quantitative estimate of drug-likeness (QED) is 0.283. The molecule has 0 fully saturated rings. The van der Waals surface area contributed by atoms with Crippen LogP contribution in [0.3, 0.4) is 0 Å². The molecule has 1 aromatic heterocycles. The fraction of sp³-hybridized carbons (Fsp3) is 0.222. The van der Waals surface area contributed by atoms with Crippen molar-refractivity contribution < 1.29 is 56.0 Å². The van der Waals surface area contributed by atoms with E-state index in [0.29, 0.717) is 16.7 Å². The third-order valence-electron chi connectivity index (χ3n) is 4.71. The molecule has 3 aromatic rings. The number of hydrogen-bond acceptors (Lipinski definition) is 7. The highest BCUT2D eigenvalue weighted by molar-refractivity contribution is 7.88. The Hall–Kier alpha value is -2.94. The van der Waals surface area contributed by atoms with Gasteiger partial charge in [-0.2, -0.15) is 43.2 Å². The first kappa shape index (κ1) is 23.2. The summed E-state index contributed by atoms with van der Waals surface area (Å²) in [5.41, 5.74) is -9.71. The van der Waals surface area contributed by atoms with E-state index in [4.69, 9.17) is 4.42 Å². The standard InChI is InChI=1S/C18H10F6O7S2/c19-17(20,21)32(25,26)30-10-2-5-12-9(7-10)1-4-13-14-8-11(3-6-15(14)29-16(12)13)31-33(27,28)18(22,23)24/h2-3,5-8H,1,4H2. The Balaban J connectivity index is 1.71. The highest BCUT2D eigenvalue weighted by atomic mass is 32.2. The first-order chi connectivity index (χ1) is 15.1. The van der Waals surface area contributed by atoms with Gasteiger partial charge in [-0.25, -0.2) is 0 Å². The van der Waals surface area contributed by atoms with Crippen molar-refractivity contribution in [3.63, 3.8) is 0 Å². The minimum Gasteiger partial charge on any atom is -0.456 e. The number of aryl methyl sites for hydroxylation is 2. The maximum absolute atomic E-state index is 12.6. The SMILES string of the molecule is O=S(=O)(Oc1ccc2c(c1)CCc1c-2oc2ccc(OS(=O)(=O)C(F)(F)F)cc12)C(F)(F)F. The molecule has 0 N–H and O–H groups in total. The molecule has 15 heteroatoms. The highest BCUT2D eigenvalue weighted by Gasteiger charge is 2.49. The van der Waals surface area contributed by atoms with Crippen molar-refractivity contribution in [2.45, 2.75) is 23.9 Å². The lowest BCUT2D eigenvalue weighted by Gasteiger charge is -2.17. The lowest BCUT2D eigenvalue weighted by Crippen LogP contribution is -2.28. The first-order valence-corrected chi connectivity index (χ1v) is 11.6. The van der Waals surface area contributed by atoms with Crippen LogP contribution in [-0.2, 0) is 33.1 Å². The van der Waals surface area contributed by atoms with Gasteiger partial charge in [-0.15, -0.1) is 0 Å². The molecule has 0 aliphatic heterocycles. The van der Waals surface area contributed by atoms with Crippen LogP contribution in [-0.4, -0.2) is 27.9 Å². The van der Waals surface area contributed by atoms with Crippen LogP contribution >= 0.6 is 0 Å². The Morgan fingerprint density at radius 2 is 1.30 bits per heavy atom.